The topological polar surface area (TPSA) is 60.9 Å². The molecule has 194 valence electrons. The maximum Gasteiger partial charge on any atom is 0.243 e. The second-order valence-electron chi connectivity index (χ2n) is 9.60. The molecule has 2 aliphatic heterocycles. The van der Waals surface area contributed by atoms with Crippen molar-refractivity contribution in [1.29, 1.82) is 0 Å². The van der Waals surface area contributed by atoms with E-state index in [9.17, 15) is 13.2 Å². The first-order chi connectivity index (χ1) is 17.9. The molecule has 0 aromatic heterocycles. The summed E-state index contributed by atoms with van der Waals surface area (Å²) in [7, 11) is -3.57. The van der Waals surface area contributed by atoms with Crippen LogP contribution in [0.4, 0.5) is 11.4 Å². The fourth-order valence-electron chi connectivity index (χ4n) is 4.92. The van der Waals surface area contributed by atoms with Crippen LogP contribution in [0.5, 0.6) is 0 Å². The van der Waals surface area contributed by atoms with E-state index in [-0.39, 0.29) is 5.91 Å². The van der Waals surface area contributed by atoms with Gasteiger partial charge in [0, 0.05) is 48.9 Å². The van der Waals surface area contributed by atoms with Crippen molar-refractivity contribution in [3.8, 4) is 0 Å². The maximum absolute atomic E-state index is 13.2. The van der Waals surface area contributed by atoms with Crippen LogP contribution in [0.25, 0.3) is 0 Å². The predicted octanol–water partition coefficient (Wildman–Crippen LogP) is 5.73. The summed E-state index contributed by atoms with van der Waals surface area (Å²) in [5, 5.41) is 0. The third-order valence-corrected chi connectivity index (χ3v) is 10.4. The molecule has 3 aromatic carbocycles. The molecule has 2 heterocycles. The normalized spacial score (nSPS) is 16.7. The molecular formula is C29H33N3O3S2. The Morgan fingerprint density at radius 3 is 2.00 bits per heavy atom. The number of carbonyl (C=O) groups excluding carboxylic acids is 1. The van der Waals surface area contributed by atoms with Crippen molar-refractivity contribution in [1.82, 2.24) is 9.21 Å². The van der Waals surface area contributed by atoms with Gasteiger partial charge in [-0.15, -0.1) is 0 Å². The summed E-state index contributed by atoms with van der Waals surface area (Å²) >= 11 is 1.75. The highest BCUT2D eigenvalue weighted by atomic mass is 32.2. The van der Waals surface area contributed by atoms with Gasteiger partial charge in [0.1, 0.15) is 0 Å². The van der Waals surface area contributed by atoms with Crippen molar-refractivity contribution >= 4 is 39.1 Å². The zero-order valence-corrected chi connectivity index (χ0v) is 23.0. The highest BCUT2D eigenvalue weighted by Gasteiger charge is 2.31. The van der Waals surface area contributed by atoms with E-state index in [0.717, 1.165) is 23.4 Å². The zero-order valence-electron chi connectivity index (χ0n) is 21.3. The predicted molar refractivity (Wildman–Crippen MR) is 149 cm³/mol. The second kappa shape index (κ2) is 10.9. The molecular weight excluding hydrogens is 502 g/mol. The Balaban J connectivity index is 1.21. The lowest BCUT2D eigenvalue weighted by Gasteiger charge is -2.36. The molecule has 2 aliphatic rings. The van der Waals surface area contributed by atoms with Crippen LogP contribution in [0.2, 0.25) is 0 Å². The number of hydrogen-bond acceptors (Lipinski definition) is 5. The zero-order chi connectivity index (χ0) is 26.0. The molecule has 37 heavy (non-hydrogen) atoms. The SMILES string of the molecule is CC[C@H](C)c1ccc(S(=O)(=O)N2CCN(C(=O)CCN3c4ccccc4Sc4ccccc43)CC2)cc1. The van der Waals surface area contributed by atoms with E-state index >= 15 is 0 Å². The van der Waals surface area contributed by atoms with Crippen molar-refractivity contribution in [2.24, 2.45) is 0 Å². The number of para-hydroxylation sites is 2. The van der Waals surface area contributed by atoms with Crippen LogP contribution in [0, 0.1) is 0 Å². The van der Waals surface area contributed by atoms with Crippen LogP contribution < -0.4 is 4.90 Å². The first-order valence-electron chi connectivity index (χ1n) is 12.9. The average molecular weight is 536 g/mol. The molecule has 8 heteroatoms. The summed E-state index contributed by atoms with van der Waals surface area (Å²) in [6.45, 7) is 6.29. The highest BCUT2D eigenvalue weighted by molar-refractivity contribution is 7.99. The van der Waals surface area contributed by atoms with E-state index in [1.54, 1.807) is 28.8 Å². The Bertz CT molecular complexity index is 1320. The number of anilines is 2. The van der Waals surface area contributed by atoms with Gasteiger partial charge in [-0.1, -0.05) is 62.0 Å². The molecule has 0 saturated carbocycles. The lowest BCUT2D eigenvalue weighted by molar-refractivity contribution is -0.132. The molecule has 0 N–H and O–H groups in total. The summed E-state index contributed by atoms with van der Waals surface area (Å²) in [6, 6.07) is 23.8. The van der Waals surface area contributed by atoms with Gasteiger partial charge in [-0.05, 0) is 54.3 Å². The van der Waals surface area contributed by atoms with E-state index in [0.29, 0.717) is 50.0 Å². The quantitative estimate of drug-likeness (QED) is 0.387. The van der Waals surface area contributed by atoms with Gasteiger partial charge in [-0.2, -0.15) is 4.31 Å². The molecule has 0 radical (unpaired) electrons. The summed E-state index contributed by atoms with van der Waals surface area (Å²) < 4.78 is 27.9. The highest BCUT2D eigenvalue weighted by Crippen LogP contribution is 2.47. The van der Waals surface area contributed by atoms with Gasteiger partial charge in [-0.3, -0.25) is 4.79 Å². The van der Waals surface area contributed by atoms with Crippen LogP contribution in [0.15, 0.2) is 87.5 Å². The fourth-order valence-corrected chi connectivity index (χ4v) is 7.44. The smallest absolute Gasteiger partial charge is 0.243 e. The van der Waals surface area contributed by atoms with Gasteiger partial charge >= 0.3 is 0 Å². The third-order valence-electron chi connectivity index (χ3n) is 7.37. The number of benzene rings is 3. The maximum atomic E-state index is 13.2. The van der Waals surface area contributed by atoms with Crippen molar-refractivity contribution in [2.75, 3.05) is 37.6 Å². The van der Waals surface area contributed by atoms with Gasteiger partial charge in [0.2, 0.25) is 15.9 Å². The molecule has 0 spiro atoms. The van der Waals surface area contributed by atoms with Crippen molar-refractivity contribution in [3.05, 3.63) is 78.4 Å². The molecule has 0 unspecified atom stereocenters. The summed E-state index contributed by atoms with van der Waals surface area (Å²) in [4.78, 5) is 19.9. The number of fused-ring (bicyclic) bond motifs is 2. The summed E-state index contributed by atoms with van der Waals surface area (Å²) in [6.07, 6.45) is 1.38. The van der Waals surface area contributed by atoms with E-state index in [4.69, 9.17) is 0 Å². The number of piperazine rings is 1. The van der Waals surface area contributed by atoms with Crippen LogP contribution in [-0.2, 0) is 14.8 Å². The molecule has 1 amide bonds. The molecule has 3 aromatic rings. The Morgan fingerprint density at radius 1 is 0.865 bits per heavy atom. The summed E-state index contributed by atoms with van der Waals surface area (Å²) in [5.74, 6) is 0.458. The molecule has 0 bridgehead atoms. The Labute approximate surface area is 224 Å². The number of hydrogen-bond donors (Lipinski definition) is 0. The Hall–Kier alpha value is -2.81. The molecule has 1 saturated heterocycles. The lowest BCUT2D eigenvalue weighted by Crippen LogP contribution is -2.50. The van der Waals surface area contributed by atoms with Gasteiger partial charge < -0.3 is 9.80 Å². The van der Waals surface area contributed by atoms with Gasteiger partial charge in [0.05, 0.1) is 16.3 Å². The minimum absolute atomic E-state index is 0.0585. The molecule has 5 rings (SSSR count). The first-order valence-corrected chi connectivity index (χ1v) is 15.2. The Kier molecular flexibility index (Phi) is 7.60. The number of rotatable bonds is 7. The van der Waals surface area contributed by atoms with E-state index in [1.807, 2.05) is 36.4 Å². The second-order valence-corrected chi connectivity index (χ2v) is 12.6. The number of carbonyl (C=O) groups is 1. The van der Waals surface area contributed by atoms with Crippen molar-refractivity contribution < 1.29 is 13.2 Å². The van der Waals surface area contributed by atoms with Crippen LogP contribution in [-0.4, -0.2) is 56.3 Å². The van der Waals surface area contributed by atoms with Crippen LogP contribution >= 0.6 is 11.8 Å². The monoisotopic (exact) mass is 535 g/mol. The standard InChI is InChI=1S/C29H33N3O3S2/c1-3-22(2)23-12-14-24(15-13-23)37(34,35)31-20-18-30(19-21-31)29(33)16-17-32-25-8-4-6-10-27(25)36-28-11-7-5-9-26(28)32/h4-15,22H,3,16-21H2,1-2H3/t22-/m0/s1. The van der Waals surface area contributed by atoms with Gasteiger partial charge in [-0.25, -0.2) is 8.42 Å². The number of nitrogens with zero attached hydrogens (tertiary/aromatic N) is 3. The van der Waals surface area contributed by atoms with Crippen LogP contribution in [0.3, 0.4) is 0 Å². The molecule has 1 fully saturated rings. The van der Waals surface area contributed by atoms with Gasteiger partial charge in [0.25, 0.3) is 0 Å². The number of sulfonamides is 1. The van der Waals surface area contributed by atoms with Crippen molar-refractivity contribution in [3.63, 3.8) is 0 Å². The molecule has 1 atom stereocenters. The third kappa shape index (κ3) is 5.28. The molecule has 0 aliphatic carbocycles. The Morgan fingerprint density at radius 2 is 1.43 bits per heavy atom. The van der Waals surface area contributed by atoms with E-state index in [1.165, 1.54) is 14.1 Å². The average Bonchev–Trinajstić information content (AvgIpc) is 2.94. The van der Waals surface area contributed by atoms with Crippen LogP contribution in [0.1, 0.15) is 38.2 Å². The lowest BCUT2D eigenvalue weighted by atomic mass is 9.99. The minimum Gasteiger partial charge on any atom is -0.340 e. The fraction of sp³-hybridized carbons (Fsp3) is 0.345. The largest absolute Gasteiger partial charge is 0.340 e. The van der Waals surface area contributed by atoms with Crippen molar-refractivity contribution in [2.45, 2.75) is 47.3 Å². The van der Waals surface area contributed by atoms with E-state index in [2.05, 4.69) is 43.0 Å². The first kappa shape index (κ1) is 25.8. The number of amides is 1. The molecule has 6 nitrogen and oxygen atoms in total. The van der Waals surface area contributed by atoms with Gasteiger partial charge in [0.15, 0.2) is 0 Å². The van der Waals surface area contributed by atoms with E-state index < -0.39 is 10.0 Å². The minimum atomic E-state index is -3.57. The summed E-state index contributed by atoms with van der Waals surface area (Å²) in [5.41, 5.74) is 3.39.